The van der Waals surface area contributed by atoms with E-state index in [0.29, 0.717) is 19.0 Å². The van der Waals surface area contributed by atoms with E-state index in [0.717, 1.165) is 11.4 Å². The average molecular weight is 239 g/mol. The molecule has 1 N–H and O–H groups in total. The first-order chi connectivity index (χ1) is 8.10. The summed E-state index contributed by atoms with van der Waals surface area (Å²) in [6.07, 6.45) is 1.50. The Bertz CT molecular complexity index is 396. The van der Waals surface area contributed by atoms with Gasteiger partial charge in [-0.2, -0.15) is 0 Å². The van der Waals surface area contributed by atoms with Crippen molar-refractivity contribution in [2.75, 3.05) is 25.1 Å². The number of ether oxygens (including phenoxy) is 1. The van der Waals surface area contributed by atoms with Crippen LogP contribution in [0.3, 0.4) is 0 Å². The van der Waals surface area contributed by atoms with Gasteiger partial charge in [0.2, 0.25) is 5.88 Å². The van der Waals surface area contributed by atoms with Crippen molar-refractivity contribution >= 4 is 11.8 Å². The number of nitrogens with zero attached hydrogens (tertiary/aromatic N) is 3. The molecule has 0 fully saturated rings. The Morgan fingerprint density at radius 3 is 2.76 bits per heavy atom. The number of aromatic nitrogens is 2. The van der Waals surface area contributed by atoms with Crippen molar-refractivity contribution in [2.45, 2.75) is 20.3 Å². The smallest absolute Gasteiger partial charge is 0.305 e. The number of anilines is 1. The monoisotopic (exact) mass is 239 g/mol. The van der Waals surface area contributed by atoms with E-state index in [9.17, 15) is 4.79 Å². The second-order valence-corrected chi connectivity index (χ2v) is 3.55. The van der Waals surface area contributed by atoms with Crippen LogP contribution in [0.1, 0.15) is 18.9 Å². The molecule has 1 rings (SSSR count). The van der Waals surface area contributed by atoms with Crippen LogP contribution in [0, 0.1) is 6.92 Å². The van der Waals surface area contributed by atoms with Gasteiger partial charge in [0.05, 0.1) is 19.1 Å². The molecule has 1 heterocycles. The van der Waals surface area contributed by atoms with Crippen molar-refractivity contribution in [3.05, 3.63) is 11.9 Å². The van der Waals surface area contributed by atoms with E-state index >= 15 is 0 Å². The van der Waals surface area contributed by atoms with E-state index in [1.54, 1.807) is 7.11 Å². The highest BCUT2D eigenvalue weighted by atomic mass is 16.5. The molecule has 0 amide bonds. The summed E-state index contributed by atoms with van der Waals surface area (Å²) >= 11 is 0. The fourth-order valence-corrected chi connectivity index (χ4v) is 1.59. The largest absolute Gasteiger partial charge is 0.481 e. The third-order valence-corrected chi connectivity index (χ3v) is 2.48. The number of rotatable bonds is 6. The molecule has 0 radical (unpaired) electrons. The van der Waals surface area contributed by atoms with Crippen molar-refractivity contribution in [3.63, 3.8) is 0 Å². The SMILES string of the molecule is CCN(CCC(=O)O)c1ncnc(OC)c1C. The molecule has 0 bridgehead atoms. The number of carboxylic acid groups (broad SMARTS) is 1. The maximum atomic E-state index is 10.6. The third-order valence-electron chi connectivity index (χ3n) is 2.48. The summed E-state index contributed by atoms with van der Waals surface area (Å²) in [4.78, 5) is 20.6. The Morgan fingerprint density at radius 1 is 1.53 bits per heavy atom. The van der Waals surface area contributed by atoms with Crippen LogP contribution < -0.4 is 9.64 Å². The van der Waals surface area contributed by atoms with Gasteiger partial charge in [0.25, 0.3) is 0 Å². The number of hydrogen-bond donors (Lipinski definition) is 1. The van der Waals surface area contributed by atoms with Crippen LogP contribution in [0.4, 0.5) is 5.82 Å². The molecular weight excluding hydrogens is 222 g/mol. The Hall–Kier alpha value is -1.85. The molecule has 0 spiro atoms. The van der Waals surface area contributed by atoms with E-state index in [1.807, 2.05) is 18.7 Å². The summed E-state index contributed by atoms with van der Waals surface area (Å²) in [6, 6.07) is 0. The fraction of sp³-hybridized carbons (Fsp3) is 0.545. The first-order valence-corrected chi connectivity index (χ1v) is 5.42. The van der Waals surface area contributed by atoms with Crippen LogP contribution in [0.15, 0.2) is 6.33 Å². The zero-order valence-electron chi connectivity index (χ0n) is 10.3. The normalized spacial score (nSPS) is 10.1. The van der Waals surface area contributed by atoms with Crippen molar-refractivity contribution in [2.24, 2.45) is 0 Å². The van der Waals surface area contributed by atoms with E-state index in [-0.39, 0.29) is 6.42 Å². The lowest BCUT2D eigenvalue weighted by Gasteiger charge is -2.23. The molecular formula is C11H17N3O3. The van der Waals surface area contributed by atoms with Gasteiger partial charge in [-0.3, -0.25) is 4.79 Å². The molecule has 0 aromatic carbocycles. The van der Waals surface area contributed by atoms with Crippen LogP contribution >= 0.6 is 0 Å². The Morgan fingerprint density at radius 2 is 2.24 bits per heavy atom. The van der Waals surface area contributed by atoms with E-state index in [2.05, 4.69) is 9.97 Å². The van der Waals surface area contributed by atoms with Crippen LogP contribution in [0.25, 0.3) is 0 Å². The molecule has 0 aliphatic heterocycles. The number of carbonyl (C=O) groups is 1. The average Bonchev–Trinajstić information content (AvgIpc) is 2.31. The zero-order chi connectivity index (χ0) is 12.8. The molecule has 6 heteroatoms. The molecule has 0 unspecified atom stereocenters. The van der Waals surface area contributed by atoms with Gasteiger partial charge in [-0.25, -0.2) is 9.97 Å². The van der Waals surface area contributed by atoms with Crippen LogP contribution in [-0.4, -0.2) is 41.2 Å². The second kappa shape index (κ2) is 6.03. The van der Waals surface area contributed by atoms with E-state index in [1.165, 1.54) is 6.33 Å². The van der Waals surface area contributed by atoms with Crippen LogP contribution in [-0.2, 0) is 4.79 Å². The summed E-state index contributed by atoms with van der Waals surface area (Å²) in [5.74, 6) is 0.423. The maximum Gasteiger partial charge on any atom is 0.305 e. The van der Waals surface area contributed by atoms with Gasteiger partial charge in [0.15, 0.2) is 0 Å². The minimum absolute atomic E-state index is 0.0829. The Kier molecular flexibility index (Phi) is 4.68. The zero-order valence-corrected chi connectivity index (χ0v) is 10.3. The van der Waals surface area contributed by atoms with Gasteiger partial charge >= 0.3 is 5.97 Å². The lowest BCUT2D eigenvalue weighted by atomic mass is 10.3. The van der Waals surface area contributed by atoms with E-state index < -0.39 is 5.97 Å². The first kappa shape index (κ1) is 13.2. The molecule has 0 aliphatic carbocycles. The molecule has 0 saturated heterocycles. The van der Waals surface area contributed by atoms with Gasteiger partial charge in [-0.05, 0) is 13.8 Å². The number of hydrogen-bond acceptors (Lipinski definition) is 5. The summed E-state index contributed by atoms with van der Waals surface area (Å²) in [6.45, 7) is 4.93. The van der Waals surface area contributed by atoms with Crippen LogP contribution in [0.2, 0.25) is 0 Å². The van der Waals surface area contributed by atoms with Crippen molar-refractivity contribution in [1.29, 1.82) is 0 Å². The maximum absolute atomic E-state index is 10.6. The standard InChI is InChI=1S/C11H17N3O3/c1-4-14(6-5-9(15)16)10-8(2)11(17-3)13-7-12-10/h7H,4-6H2,1-3H3,(H,15,16). The lowest BCUT2D eigenvalue weighted by Crippen LogP contribution is -2.27. The number of carboxylic acids is 1. The summed E-state index contributed by atoms with van der Waals surface area (Å²) in [7, 11) is 1.55. The summed E-state index contributed by atoms with van der Waals surface area (Å²) in [5.41, 5.74) is 0.822. The Labute approximate surface area is 100 Å². The fourth-order valence-electron chi connectivity index (χ4n) is 1.59. The highest BCUT2D eigenvalue weighted by Gasteiger charge is 2.14. The minimum Gasteiger partial charge on any atom is -0.481 e. The predicted molar refractivity (Wildman–Crippen MR) is 63.5 cm³/mol. The third kappa shape index (κ3) is 3.30. The highest BCUT2D eigenvalue weighted by molar-refractivity contribution is 5.67. The summed E-state index contributed by atoms with van der Waals surface area (Å²) < 4.78 is 5.11. The Balaban J connectivity index is 2.91. The lowest BCUT2D eigenvalue weighted by molar-refractivity contribution is -0.136. The number of methoxy groups -OCH3 is 1. The minimum atomic E-state index is -0.817. The molecule has 94 valence electrons. The molecule has 1 aromatic heterocycles. The van der Waals surface area contributed by atoms with E-state index in [4.69, 9.17) is 9.84 Å². The molecule has 0 saturated carbocycles. The second-order valence-electron chi connectivity index (χ2n) is 3.55. The topological polar surface area (TPSA) is 75.6 Å². The van der Waals surface area contributed by atoms with Crippen molar-refractivity contribution in [3.8, 4) is 5.88 Å². The number of aliphatic carboxylic acids is 1. The molecule has 1 aromatic rings. The van der Waals surface area contributed by atoms with Gasteiger partial charge < -0.3 is 14.7 Å². The highest BCUT2D eigenvalue weighted by Crippen LogP contribution is 2.23. The molecule has 0 atom stereocenters. The predicted octanol–water partition coefficient (Wildman–Crippen LogP) is 1.09. The van der Waals surface area contributed by atoms with Crippen molar-refractivity contribution in [1.82, 2.24) is 9.97 Å². The van der Waals surface area contributed by atoms with Gasteiger partial charge in [0.1, 0.15) is 12.1 Å². The van der Waals surface area contributed by atoms with Crippen LogP contribution in [0.5, 0.6) is 5.88 Å². The van der Waals surface area contributed by atoms with Gasteiger partial charge in [0, 0.05) is 13.1 Å². The summed E-state index contributed by atoms with van der Waals surface area (Å²) in [5, 5.41) is 8.69. The van der Waals surface area contributed by atoms with Gasteiger partial charge in [-0.1, -0.05) is 0 Å². The molecule has 6 nitrogen and oxygen atoms in total. The van der Waals surface area contributed by atoms with Crippen molar-refractivity contribution < 1.29 is 14.6 Å². The molecule has 17 heavy (non-hydrogen) atoms. The molecule has 0 aliphatic rings. The van der Waals surface area contributed by atoms with Gasteiger partial charge in [-0.15, -0.1) is 0 Å². The first-order valence-electron chi connectivity index (χ1n) is 5.42. The quantitative estimate of drug-likeness (QED) is 0.801.